The van der Waals surface area contributed by atoms with Crippen LogP contribution < -0.4 is 14.4 Å². The van der Waals surface area contributed by atoms with Crippen LogP contribution >= 0.6 is 0 Å². The van der Waals surface area contributed by atoms with Gasteiger partial charge in [-0.1, -0.05) is 0 Å². The second-order valence-electron chi connectivity index (χ2n) is 6.49. The van der Waals surface area contributed by atoms with Crippen molar-refractivity contribution in [3.8, 4) is 28.8 Å². The molecular formula is C21H19N7O2. The Labute approximate surface area is 173 Å². The van der Waals surface area contributed by atoms with Crippen molar-refractivity contribution in [2.75, 3.05) is 25.7 Å². The molecule has 0 aliphatic rings. The molecule has 0 fully saturated rings. The van der Waals surface area contributed by atoms with Gasteiger partial charge in [-0.15, -0.1) is 0 Å². The maximum Gasteiger partial charge on any atom is 0.180 e. The molecule has 0 spiro atoms. The van der Waals surface area contributed by atoms with E-state index in [9.17, 15) is 5.26 Å². The van der Waals surface area contributed by atoms with Gasteiger partial charge in [0.05, 0.1) is 44.1 Å². The number of nitrogens with zero attached hydrogens (tertiary/aromatic N) is 7. The predicted molar refractivity (Wildman–Crippen MR) is 112 cm³/mol. The summed E-state index contributed by atoms with van der Waals surface area (Å²) in [5.74, 6) is 1.80. The number of anilines is 2. The Morgan fingerprint density at radius 2 is 1.83 bits per heavy atom. The SMILES string of the molecule is COc1cc(OC)cc(N(CC#N)c2ccc3ncc(-c4cnn(C)c4)nc3n2)c1. The van der Waals surface area contributed by atoms with Crippen molar-refractivity contribution in [3.05, 3.63) is 48.9 Å². The molecule has 0 aliphatic carbocycles. The van der Waals surface area contributed by atoms with Crippen molar-refractivity contribution in [1.29, 1.82) is 5.26 Å². The topological polar surface area (TPSA) is 102 Å². The molecule has 0 N–H and O–H groups in total. The first-order valence-electron chi connectivity index (χ1n) is 9.11. The van der Waals surface area contributed by atoms with Gasteiger partial charge in [-0.05, 0) is 12.1 Å². The van der Waals surface area contributed by atoms with Crippen LogP contribution in [0.4, 0.5) is 11.5 Å². The first kappa shape index (κ1) is 19.1. The normalized spacial score (nSPS) is 10.6. The monoisotopic (exact) mass is 401 g/mol. The van der Waals surface area contributed by atoms with Crippen LogP contribution in [0.3, 0.4) is 0 Å². The van der Waals surface area contributed by atoms with Crippen LogP contribution in [0.25, 0.3) is 22.4 Å². The van der Waals surface area contributed by atoms with E-state index in [1.807, 2.05) is 37.5 Å². The lowest BCUT2D eigenvalue weighted by Gasteiger charge is -2.22. The average molecular weight is 401 g/mol. The first-order valence-corrected chi connectivity index (χ1v) is 9.11. The summed E-state index contributed by atoms with van der Waals surface area (Å²) < 4.78 is 12.4. The fraction of sp³-hybridized carbons (Fsp3) is 0.190. The number of rotatable bonds is 6. The van der Waals surface area contributed by atoms with Gasteiger partial charge in [-0.2, -0.15) is 10.4 Å². The third-order valence-corrected chi connectivity index (χ3v) is 4.55. The maximum absolute atomic E-state index is 9.40. The van der Waals surface area contributed by atoms with Crippen molar-refractivity contribution in [2.45, 2.75) is 0 Å². The number of benzene rings is 1. The minimum Gasteiger partial charge on any atom is -0.497 e. The number of pyridine rings is 1. The van der Waals surface area contributed by atoms with Gasteiger partial charge in [0.1, 0.15) is 29.4 Å². The molecule has 0 saturated heterocycles. The van der Waals surface area contributed by atoms with E-state index < -0.39 is 0 Å². The molecule has 150 valence electrons. The molecule has 0 saturated carbocycles. The van der Waals surface area contributed by atoms with E-state index in [4.69, 9.17) is 9.47 Å². The zero-order chi connectivity index (χ0) is 21.1. The van der Waals surface area contributed by atoms with Crippen LogP contribution in [0.15, 0.2) is 48.9 Å². The second kappa shape index (κ2) is 8.05. The number of aromatic nitrogens is 5. The van der Waals surface area contributed by atoms with E-state index in [2.05, 4.69) is 26.1 Å². The third kappa shape index (κ3) is 3.71. The van der Waals surface area contributed by atoms with Crippen LogP contribution in [-0.4, -0.2) is 45.5 Å². The smallest absolute Gasteiger partial charge is 0.180 e. The minimum atomic E-state index is 0.0879. The van der Waals surface area contributed by atoms with Crippen LogP contribution in [0, 0.1) is 11.3 Å². The molecule has 3 heterocycles. The van der Waals surface area contributed by atoms with E-state index >= 15 is 0 Å². The summed E-state index contributed by atoms with van der Waals surface area (Å²) in [7, 11) is 5.00. The average Bonchev–Trinajstić information content (AvgIpc) is 3.22. The first-order chi connectivity index (χ1) is 14.6. The Bertz CT molecular complexity index is 1220. The highest BCUT2D eigenvalue weighted by molar-refractivity contribution is 5.77. The predicted octanol–water partition coefficient (Wildman–Crippen LogP) is 3.10. The van der Waals surface area contributed by atoms with E-state index in [-0.39, 0.29) is 6.54 Å². The van der Waals surface area contributed by atoms with E-state index in [1.165, 1.54) is 0 Å². The van der Waals surface area contributed by atoms with Gasteiger partial charge in [0.2, 0.25) is 0 Å². The molecule has 9 nitrogen and oxygen atoms in total. The fourth-order valence-corrected chi connectivity index (χ4v) is 3.05. The van der Waals surface area contributed by atoms with Crippen LogP contribution in [0.5, 0.6) is 11.5 Å². The van der Waals surface area contributed by atoms with Gasteiger partial charge in [0.15, 0.2) is 5.65 Å². The molecule has 9 heteroatoms. The van der Waals surface area contributed by atoms with Crippen molar-refractivity contribution in [1.82, 2.24) is 24.7 Å². The summed E-state index contributed by atoms with van der Waals surface area (Å²) in [6.07, 6.45) is 5.29. The lowest BCUT2D eigenvalue weighted by Crippen LogP contribution is -2.18. The fourth-order valence-electron chi connectivity index (χ4n) is 3.05. The van der Waals surface area contributed by atoms with Crippen LogP contribution in [0.2, 0.25) is 0 Å². The Hall–Kier alpha value is -4.19. The summed E-state index contributed by atoms with van der Waals surface area (Å²) in [5.41, 5.74) is 3.38. The van der Waals surface area contributed by atoms with Crippen molar-refractivity contribution >= 4 is 22.7 Å². The third-order valence-electron chi connectivity index (χ3n) is 4.55. The summed E-state index contributed by atoms with van der Waals surface area (Å²) in [4.78, 5) is 15.5. The van der Waals surface area contributed by atoms with Gasteiger partial charge in [0.25, 0.3) is 0 Å². The number of ether oxygens (including phenoxy) is 2. The minimum absolute atomic E-state index is 0.0879. The second-order valence-corrected chi connectivity index (χ2v) is 6.49. The molecule has 0 atom stereocenters. The molecule has 0 unspecified atom stereocenters. The largest absolute Gasteiger partial charge is 0.497 e. The van der Waals surface area contributed by atoms with Gasteiger partial charge in [-0.3, -0.25) is 9.67 Å². The van der Waals surface area contributed by atoms with Crippen molar-refractivity contribution in [2.24, 2.45) is 7.05 Å². The molecule has 0 radical (unpaired) electrons. The van der Waals surface area contributed by atoms with Crippen LogP contribution in [0.1, 0.15) is 0 Å². The Morgan fingerprint density at radius 3 is 2.47 bits per heavy atom. The Morgan fingerprint density at radius 1 is 1.07 bits per heavy atom. The molecule has 30 heavy (non-hydrogen) atoms. The molecule has 4 rings (SSSR count). The van der Waals surface area contributed by atoms with Gasteiger partial charge in [0, 0.05) is 37.0 Å². The lowest BCUT2D eigenvalue weighted by atomic mass is 10.2. The van der Waals surface area contributed by atoms with Crippen molar-refractivity contribution < 1.29 is 9.47 Å². The van der Waals surface area contributed by atoms with E-state index in [1.54, 1.807) is 42.3 Å². The van der Waals surface area contributed by atoms with Gasteiger partial charge in [-0.25, -0.2) is 9.97 Å². The van der Waals surface area contributed by atoms with E-state index in [0.717, 1.165) is 11.3 Å². The van der Waals surface area contributed by atoms with Gasteiger partial charge >= 0.3 is 0 Å². The Kier molecular flexibility index (Phi) is 5.13. The van der Waals surface area contributed by atoms with Crippen molar-refractivity contribution in [3.63, 3.8) is 0 Å². The number of methoxy groups -OCH3 is 2. The number of aryl methyl sites for hydroxylation is 1. The highest BCUT2D eigenvalue weighted by atomic mass is 16.5. The quantitative estimate of drug-likeness (QED) is 0.454. The molecule has 0 aliphatic heterocycles. The zero-order valence-electron chi connectivity index (χ0n) is 16.8. The number of fused-ring (bicyclic) bond motifs is 1. The van der Waals surface area contributed by atoms with Crippen LogP contribution in [-0.2, 0) is 7.05 Å². The molecule has 0 bridgehead atoms. The summed E-state index contributed by atoms with van der Waals surface area (Å²) in [6.45, 7) is 0.0879. The van der Waals surface area contributed by atoms with E-state index in [0.29, 0.717) is 34.2 Å². The maximum atomic E-state index is 9.40. The molecule has 3 aromatic heterocycles. The Balaban J connectivity index is 1.80. The lowest BCUT2D eigenvalue weighted by molar-refractivity contribution is 0.394. The number of hydrogen-bond donors (Lipinski definition) is 0. The van der Waals surface area contributed by atoms with Gasteiger partial charge < -0.3 is 14.4 Å². The standard InChI is InChI=1S/C21H19N7O2/c1-27-13-14(11-24-27)19-12-23-18-4-5-20(26-21(18)25-19)28(7-6-22)15-8-16(29-2)10-17(9-15)30-3/h4-5,8-13H,7H2,1-3H3. The number of nitriles is 1. The summed E-state index contributed by atoms with van der Waals surface area (Å²) in [5, 5.41) is 13.6. The molecule has 0 amide bonds. The molecule has 1 aromatic carbocycles. The summed E-state index contributed by atoms with van der Waals surface area (Å²) >= 11 is 0. The summed E-state index contributed by atoms with van der Waals surface area (Å²) in [6, 6.07) is 11.2. The molecule has 4 aromatic rings. The number of hydrogen-bond acceptors (Lipinski definition) is 8. The highest BCUT2D eigenvalue weighted by Crippen LogP contribution is 2.32. The molecular weight excluding hydrogens is 382 g/mol. The zero-order valence-corrected chi connectivity index (χ0v) is 16.8. The highest BCUT2D eigenvalue weighted by Gasteiger charge is 2.15.